The molecule has 0 spiro atoms. The first-order valence-electron chi connectivity index (χ1n) is 3.63. The number of carbonyl (C=O) groups is 2. The van der Waals surface area contributed by atoms with Crippen LogP contribution in [0.2, 0.25) is 0 Å². The maximum atomic E-state index is 11.1. The molecule has 2 rings (SSSR count). The summed E-state index contributed by atoms with van der Waals surface area (Å²) in [6.07, 6.45) is 0. The van der Waals surface area contributed by atoms with Crippen LogP contribution in [0.4, 0.5) is 5.69 Å². The van der Waals surface area contributed by atoms with Crippen molar-refractivity contribution in [3.05, 3.63) is 29.3 Å². The van der Waals surface area contributed by atoms with Gasteiger partial charge in [-0.3, -0.25) is 14.9 Å². The van der Waals surface area contributed by atoms with E-state index in [1.165, 1.54) is 12.1 Å². The average Bonchev–Trinajstić information content (AvgIpc) is 2.42. The zero-order valence-electron chi connectivity index (χ0n) is 6.57. The van der Waals surface area contributed by atoms with Gasteiger partial charge in [-0.05, 0) is 18.2 Å². The van der Waals surface area contributed by atoms with Crippen LogP contribution >= 0.6 is 0 Å². The Morgan fingerprint density at radius 2 is 1.85 bits per heavy atom. The molecule has 0 aliphatic carbocycles. The van der Waals surface area contributed by atoms with E-state index in [9.17, 15) is 9.59 Å². The maximum Gasteiger partial charge on any atom is 0.259 e. The molecule has 13 heavy (non-hydrogen) atoms. The Bertz CT molecular complexity index is 400. The summed E-state index contributed by atoms with van der Waals surface area (Å²) in [5, 5.41) is 2.17. The van der Waals surface area contributed by atoms with Crippen molar-refractivity contribution in [3.63, 3.8) is 0 Å². The van der Waals surface area contributed by atoms with Gasteiger partial charge in [-0.15, -0.1) is 0 Å². The van der Waals surface area contributed by atoms with Crippen LogP contribution in [-0.4, -0.2) is 11.8 Å². The predicted octanol–water partition coefficient (Wildman–Crippen LogP) is -0.320. The summed E-state index contributed by atoms with van der Waals surface area (Å²) >= 11 is 0. The van der Waals surface area contributed by atoms with Gasteiger partial charge >= 0.3 is 0 Å². The van der Waals surface area contributed by atoms with Gasteiger partial charge in [0, 0.05) is 0 Å². The Morgan fingerprint density at radius 1 is 1.15 bits per heavy atom. The van der Waals surface area contributed by atoms with Gasteiger partial charge in [0.25, 0.3) is 11.8 Å². The topological polar surface area (TPSA) is 86.3 Å². The number of rotatable bonds is 1. The lowest BCUT2D eigenvalue weighted by molar-refractivity contribution is 0.0879. The number of carbonyl (C=O) groups excluding carboxylic acids is 2. The number of hydrogen-bond acceptors (Lipinski definition) is 3. The third-order valence-corrected chi connectivity index (χ3v) is 1.87. The van der Waals surface area contributed by atoms with E-state index in [-0.39, 0.29) is 5.91 Å². The molecule has 0 aromatic heterocycles. The number of imide groups is 1. The van der Waals surface area contributed by atoms with Crippen molar-refractivity contribution in [1.82, 2.24) is 10.7 Å². The largest absolute Gasteiger partial charge is 0.288 e. The summed E-state index contributed by atoms with van der Waals surface area (Å²) in [7, 11) is 0. The minimum Gasteiger partial charge on any atom is -0.288 e. The number of benzene rings is 1. The molecule has 1 aromatic rings. The van der Waals surface area contributed by atoms with Gasteiger partial charge in [-0.2, -0.15) is 0 Å². The minimum atomic E-state index is -0.398. The van der Waals surface area contributed by atoms with E-state index in [1.54, 1.807) is 6.07 Å². The van der Waals surface area contributed by atoms with E-state index < -0.39 is 5.91 Å². The second-order valence-electron chi connectivity index (χ2n) is 2.64. The molecule has 0 saturated carbocycles. The molecule has 0 unspecified atom stereocenters. The molecule has 1 radical (unpaired) electrons. The average molecular weight is 176 g/mol. The molecule has 0 bridgehead atoms. The van der Waals surface area contributed by atoms with Gasteiger partial charge in [-0.1, -0.05) is 0 Å². The Kier molecular flexibility index (Phi) is 1.53. The van der Waals surface area contributed by atoms with Crippen LogP contribution < -0.4 is 16.6 Å². The standard InChI is InChI=1S/C8H6N3O2/c9-11-4-1-2-5-6(3-4)8(13)10-7(5)12/h1-3H,9H2,(H,10,12,13). The van der Waals surface area contributed by atoms with E-state index in [0.717, 1.165) is 0 Å². The quantitative estimate of drug-likeness (QED) is 0.349. The van der Waals surface area contributed by atoms with Crippen molar-refractivity contribution in [2.24, 2.45) is 5.84 Å². The van der Waals surface area contributed by atoms with Crippen LogP contribution in [0.1, 0.15) is 20.7 Å². The minimum absolute atomic E-state index is 0.330. The monoisotopic (exact) mass is 176 g/mol. The zero-order chi connectivity index (χ0) is 9.42. The first-order valence-corrected chi connectivity index (χ1v) is 3.63. The Labute approximate surface area is 73.9 Å². The van der Waals surface area contributed by atoms with Gasteiger partial charge in [-0.25, -0.2) is 11.3 Å². The molecule has 0 atom stereocenters. The van der Waals surface area contributed by atoms with Crippen LogP contribution in [0.3, 0.4) is 0 Å². The molecule has 1 aromatic carbocycles. The van der Waals surface area contributed by atoms with Crippen LogP contribution in [0.15, 0.2) is 18.2 Å². The summed E-state index contributed by atoms with van der Waals surface area (Å²) in [4.78, 5) is 22.2. The van der Waals surface area contributed by atoms with Gasteiger partial charge in [0.15, 0.2) is 0 Å². The van der Waals surface area contributed by atoms with Gasteiger partial charge in [0.1, 0.15) is 0 Å². The van der Waals surface area contributed by atoms with Crippen molar-refractivity contribution in [2.45, 2.75) is 0 Å². The van der Waals surface area contributed by atoms with Crippen molar-refractivity contribution < 1.29 is 9.59 Å². The molecule has 1 aliphatic rings. The fourth-order valence-electron chi connectivity index (χ4n) is 1.24. The third kappa shape index (κ3) is 1.06. The number of fused-ring (bicyclic) bond motifs is 1. The van der Waals surface area contributed by atoms with Gasteiger partial charge in [0.2, 0.25) is 0 Å². The number of nitrogens with two attached hydrogens (primary N) is 1. The van der Waals surface area contributed by atoms with E-state index in [4.69, 9.17) is 5.84 Å². The molecule has 0 fully saturated rings. The summed E-state index contributed by atoms with van der Waals surface area (Å²) in [6, 6.07) is 4.59. The molecule has 2 amide bonds. The first kappa shape index (κ1) is 7.75. The highest BCUT2D eigenvalue weighted by atomic mass is 16.2. The SMILES string of the molecule is N[N]c1ccc2c(c1)C(=O)NC2=O. The highest BCUT2D eigenvalue weighted by molar-refractivity contribution is 6.21. The Balaban J connectivity index is 2.58. The van der Waals surface area contributed by atoms with Crippen molar-refractivity contribution in [2.75, 3.05) is 0 Å². The number of amides is 2. The van der Waals surface area contributed by atoms with E-state index >= 15 is 0 Å². The van der Waals surface area contributed by atoms with Gasteiger partial charge in [0.05, 0.1) is 16.8 Å². The van der Waals surface area contributed by atoms with E-state index in [0.29, 0.717) is 16.8 Å². The Hall–Kier alpha value is -1.88. The first-order chi connectivity index (χ1) is 6.22. The van der Waals surface area contributed by atoms with Crippen LogP contribution in [0.25, 0.3) is 0 Å². The van der Waals surface area contributed by atoms with E-state index in [2.05, 4.69) is 10.7 Å². The van der Waals surface area contributed by atoms with E-state index in [1.807, 2.05) is 0 Å². The highest BCUT2D eigenvalue weighted by Gasteiger charge is 2.26. The second kappa shape index (κ2) is 2.56. The molecule has 3 N–H and O–H groups in total. The third-order valence-electron chi connectivity index (χ3n) is 1.87. The summed E-state index contributed by atoms with van der Waals surface area (Å²) in [5.41, 5.74) is 4.59. The normalized spacial score (nSPS) is 13.9. The summed E-state index contributed by atoms with van der Waals surface area (Å²) in [5.74, 6) is 4.26. The summed E-state index contributed by atoms with van der Waals surface area (Å²) in [6.45, 7) is 0. The van der Waals surface area contributed by atoms with Crippen molar-refractivity contribution in [1.29, 1.82) is 0 Å². The predicted molar refractivity (Wildman–Crippen MR) is 44.2 cm³/mol. The lowest BCUT2D eigenvalue weighted by atomic mass is 10.1. The molecule has 65 valence electrons. The maximum absolute atomic E-state index is 11.1. The van der Waals surface area contributed by atoms with Crippen LogP contribution in [0, 0.1) is 0 Å². The lowest BCUT2D eigenvalue weighted by Gasteiger charge is -1.97. The second-order valence-corrected chi connectivity index (χ2v) is 2.64. The molecule has 1 aliphatic heterocycles. The molecule has 5 nitrogen and oxygen atoms in total. The zero-order valence-corrected chi connectivity index (χ0v) is 6.57. The number of nitrogens with one attached hydrogen (secondary N) is 1. The van der Waals surface area contributed by atoms with Crippen molar-refractivity contribution in [3.8, 4) is 0 Å². The van der Waals surface area contributed by atoms with Crippen molar-refractivity contribution >= 4 is 17.5 Å². The number of nitrogens with zero attached hydrogens (tertiary/aromatic N) is 1. The molecule has 1 heterocycles. The fourth-order valence-corrected chi connectivity index (χ4v) is 1.24. The molecule has 0 saturated heterocycles. The molecular formula is C8H6N3O2. The van der Waals surface area contributed by atoms with Crippen LogP contribution in [0.5, 0.6) is 0 Å². The molecular weight excluding hydrogens is 170 g/mol. The highest BCUT2D eigenvalue weighted by Crippen LogP contribution is 2.19. The smallest absolute Gasteiger partial charge is 0.259 e. The fraction of sp³-hybridized carbons (Fsp3) is 0. The van der Waals surface area contributed by atoms with Crippen LogP contribution in [-0.2, 0) is 0 Å². The van der Waals surface area contributed by atoms with Gasteiger partial charge < -0.3 is 0 Å². The summed E-state index contributed by atoms with van der Waals surface area (Å²) < 4.78 is 0. The Morgan fingerprint density at radius 3 is 2.54 bits per heavy atom. The molecule has 5 heteroatoms. The lowest BCUT2D eigenvalue weighted by Crippen LogP contribution is -2.19. The number of hydrogen-bond donors (Lipinski definition) is 2.